The average Bonchev–Trinajstić information content (AvgIpc) is 3.08. The highest BCUT2D eigenvalue weighted by Crippen LogP contribution is 2.24. The molecule has 2 rings (SSSR count). The van der Waals surface area contributed by atoms with Crippen LogP contribution < -0.4 is 0 Å². The van der Waals surface area contributed by atoms with Crippen LogP contribution in [0.2, 0.25) is 0 Å². The highest BCUT2D eigenvalue weighted by Gasteiger charge is 2.45. The van der Waals surface area contributed by atoms with Gasteiger partial charge in [0.1, 0.15) is 48.8 Å². The maximum atomic E-state index is 10.2. The summed E-state index contributed by atoms with van der Waals surface area (Å²) in [5.41, 5.74) is 0. The molecule has 2 heterocycles. The molecule has 0 bridgehead atoms. The topological polar surface area (TPSA) is 199 Å². The van der Waals surface area contributed by atoms with Gasteiger partial charge in [0.25, 0.3) is 0 Å². The molecule has 2 fully saturated rings. The molecule has 0 aromatic rings. The van der Waals surface area contributed by atoms with Crippen LogP contribution in [0.5, 0.6) is 0 Å². The molecule has 0 saturated carbocycles. The number of nitrogens with zero attached hydrogens (tertiary/aromatic N) is 1. The van der Waals surface area contributed by atoms with Gasteiger partial charge in [-0.15, -0.1) is 0 Å². The first-order valence-electron chi connectivity index (χ1n) is 18.8. The van der Waals surface area contributed by atoms with E-state index in [4.69, 9.17) is 18.9 Å². The third-order valence-electron chi connectivity index (χ3n) is 10.00. The minimum atomic E-state index is -1.46. The van der Waals surface area contributed by atoms with Gasteiger partial charge < -0.3 is 64.3 Å². The van der Waals surface area contributed by atoms with E-state index in [1.807, 2.05) is 0 Å². The molecule has 2 aliphatic rings. The smallest absolute Gasteiger partial charge is 0.186 e. The Morgan fingerprint density at radius 1 is 0.458 bits per heavy atom. The largest absolute Gasteiger partial charge is 0.394 e. The van der Waals surface area contributed by atoms with Crippen LogP contribution in [0.3, 0.4) is 0 Å². The van der Waals surface area contributed by atoms with Gasteiger partial charge in [-0.25, -0.2) is 0 Å². The average molecular weight is 697 g/mol. The van der Waals surface area contributed by atoms with Gasteiger partial charge in [-0.2, -0.15) is 0 Å². The van der Waals surface area contributed by atoms with Crippen molar-refractivity contribution in [3.63, 3.8) is 0 Å². The molecule has 2 saturated heterocycles. The van der Waals surface area contributed by atoms with E-state index in [1.54, 1.807) is 0 Å². The van der Waals surface area contributed by atoms with Gasteiger partial charge in [0.05, 0.1) is 53.1 Å². The first kappa shape index (κ1) is 43.6. The van der Waals surface area contributed by atoms with Crippen LogP contribution in [0, 0.1) is 0 Å². The molecule has 0 radical (unpaired) electrons. The van der Waals surface area contributed by atoms with Gasteiger partial charge in [-0.1, -0.05) is 71.1 Å². The van der Waals surface area contributed by atoms with Crippen LogP contribution in [-0.2, 0) is 18.9 Å². The van der Waals surface area contributed by atoms with Gasteiger partial charge in [-0.05, 0) is 38.5 Å². The molecule has 0 unspecified atom stereocenters. The highest BCUT2D eigenvalue weighted by molar-refractivity contribution is 4.89. The van der Waals surface area contributed by atoms with E-state index in [0.29, 0.717) is 26.1 Å². The van der Waals surface area contributed by atoms with E-state index in [2.05, 4.69) is 14.0 Å². The summed E-state index contributed by atoms with van der Waals surface area (Å²) in [4.78, 5) is 0. The quantitative estimate of drug-likeness (QED) is 0.0454. The zero-order valence-electron chi connectivity index (χ0n) is 29.7. The Morgan fingerprint density at radius 3 is 1.15 bits per heavy atom. The number of unbranched alkanes of at least 4 members (excludes halogenated alkanes) is 13. The zero-order chi connectivity index (χ0) is 35.4. The fourth-order valence-corrected chi connectivity index (χ4v) is 6.67. The van der Waals surface area contributed by atoms with E-state index in [-0.39, 0.29) is 0 Å². The van der Waals surface area contributed by atoms with Crippen molar-refractivity contribution in [2.45, 2.75) is 171 Å². The number of ether oxygens (including phenoxy) is 4. The Labute approximate surface area is 288 Å². The molecule has 48 heavy (non-hydrogen) atoms. The third-order valence-corrected chi connectivity index (χ3v) is 10.00. The molecule has 8 N–H and O–H groups in total. The molecule has 0 amide bonds. The number of rotatable bonds is 27. The van der Waals surface area contributed by atoms with Crippen molar-refractivity contribution < 1.29 is 64.3 Å². The van der Waals surface area contributed by atoms with Crippen LogP contribution in [0.4, 0.5) is 0 Å². The summed E-state index contributed by atoms with van der Waals surface area (Å²) in [6.45, 7) is 4.75. The van der Waals surface area contributed by atoms with Crippen LogP contribution >= 0.6 is 0 Å². The number of hydrogen-bond acceptors (Lipinski definition) is 12. The lowest BCUT2D eigenvalue weighted by Gasteiger charge is -2.39. The SMILES string of the molecule is CCCCCCCCCCCCCC[N+](C)(CCCCO[C@@H]1O[C@H](CO)[C@@H](O)[C@H](O)[C@H]1O)CCCCO[C@@H]1O[C@H](CO)[C@@H](O)[C@H](O)[C@H]1O. The van der Waals surface area contributed by atoms with Crippen molar-refractivity contribution in [2.75, 3.05) is 53.1 Å². The summed E-state index contributed by atoms with van der Waals surface area (Å²) in [6.07, 6.45) is 5.96. The van der Waals surface area contributed by atoms with Crippen molar-refractivity contribution >= 4 is 0 Å². The van der Waals surface area contributed by atoms with Crippen LogP contribution in [0.25, 0.3) is 0 Å². The molecule has 10 atom stereocenters. The number of quaternary nitrogens is 1. The maximum absolute atomic E-state index is 10.2. The minimum absolute atomic E-state index is 0.300. The second-order valence-corrected chi connectivity index (χ2v) is 14.2. The summed E-state index contributed by atoms with van der Waals surface area (Å²) >= 11 is 0. The second-order valence-electron chi connectivity index (χ2n) is 14.2. The number of hydrogen-bond donors (Lipinski definition) is 8. The molecule has 13 nitrogen and oxygen atoms in total. The fraction of sp³-hybridized carbons (Fsp3) is 1.00. The van der Waals surface area contributed by atoms with Crippen LogP contribution in [0.15, 0.2) is 0 Å². The molecule has 0 aromatic carbocycles. The van der Waals surface area contributed by atoms with Gasteiger partial charge in [-0.3, -0.25) is 0 Å². The Hall–Kier alpha value is -0.520. The van der Waals surface area contributed by atoms with Crippen molar-refractivity contribution in [2.24, 2.45) is 0 Å². The molecule has 13 heteroatoms. The predicted octanol–water partition coefficient (Wildman–Crippen LogP) is 1.33. The van der Waals surface area contributed by atoms with Gasteiger partial charge in [0.15, 0.2) is 12.6 Å². The Bertz CT molecular complexity index is 747. The normalized spacial score (nSPS) is 31.4. The Kier molecular flexibility index (Phi) is 22.4. The van der Waals surface area contributed by atoms with Crippen molar-refractivity contribution in [1.29, 1.82) is 0 Å². The molecule has 0 spiro atoms. The molecule has 286 valence electrons. The summed E-state index contributed by atoms with van der Waals surface area (Å²) in [5, 5.41) is 79.2. The number of aliphatic hydroxyl groups excluding tert-OH is 8. The van der Waals surface area contributed by atoms with Gasteiger partial charge in [0.2, 0.25) is 0 Å². The first-order valence-corrected chi connectivity index (χ1v) is 18.8. The van der Waals surface area contributed by atoms with Crippen molar-refractivity contribution in [1.82, 2.24) is 0 Å². The molecular formula is C35H70NO12+. The third kappa shape index (κ3) is 15.4. The van der Waals surface area contributed by atoms with E-state index in [0.717, 1.165) is 43.4 Å². The van der Waals surface area contributed by atoms with Gasteiger partial charge in [0, 0.05) is 0 Å². The first-order chi connectivity index (χ1) is 23.1. The standard InChI is InChI=1S/C35H70NO12/c1-3-4-5-6-7-8-9-10-11-12-13-14-19-36(2,20-15-17-22-45-34-32(43)30(41)28(39)26(24-37)47-34)21-16-18-23-46-35-33(44)31(42)29(40)27(25-38)48-35/h26-35,37-44H,3-25H2,1-2H3/q+1/t26-,27-,28-,29-,30+,31+,32-,33-,34-,35-/m1/s1. The van der Waals surface area contributed by atoms with E-state index in [1.165, 1.54) is 70.6 Å². The predicted molar refractivity (Wildman–Crippen MR) is 180 cm³/mol. The zero-order valence-corrected chi connectivity index (χ0v) is 29.7. The minimum Gasteiger partial charge on any atom is -0.394 e. The lowest BCUT2D eigenvalue weighted by atomic mass is 9.99. The summed E-state index contributed by atoms with van der Waals surface area (Å²) in [6, 6.07) is 0. The summed E-state index contributed by atoms with van der Waals surface area (Å²) in [5.74, 6) is 0. The maximum Gasteiger partial charge on any atom is 0.186 e. The van der Waals surface area contributed by atoms with E-state index in [9.17, 15) is 40.9 Å². The Morgan fingerprint density at radius 2 is 0.792 bits per heavy atom. The molecule has 0 aromatic heterocycles. The van der Waals surface area contributed by atoms with Crippen molar-refractivity contribution in [3.05, 3.63) is 0 Å². The van der Waals surface area contributed by atoms with Crippen LogP contribution in [0.1, 0.15) is 110 Å². The lowest BCUT2D eigenvalue weighted by Crippen LogP contribution is -2.59. The van der Waals surface area contributed by atoms with Crippen molar-refractivity contribution in [3.8, 4) is 0 Å². The monoisotopic (exact) mass is 696 g/mol. The van der Waals surface area contributed by atoms with Gasteiger partial charge >= 0.3 is 0 Å². The number of aliphatic hydroxyl groups is 8. The summed E-state index contributed by atoms with van der Waals surface area (Å²) in [7, 11) is 2.26. The molecular weight excluding hydrogens is 626 g/mol. The Balaban J connectivity index is 1.75. The van der Waals surface area contributed by atoms with E-state index < -0.39 is 74.6 Å². The molecule has 0 aliphatic carbocycles. The summed E-state index contributed by atoms with van der Waals surface area (Å²) < 4.78 is 23.1. The second kappa shape index (κ2) is 24.6. The lowest BCUT2D eigenvalue weighted by molar-refractivity contribution is -0.910. The fourth-order valence-electron chi connectivity index (χ4n) is 6.67. The van der Waals surface area contributed by atoms with Crippen LogP contribution in [-0.4, -0.2) is 160 Å². The highest BCUT2D eigenvalue weighted by atomic mass is 16.7. The van der Waals surface area contributed by atoms with E-state index >= 15 is 0 Å². The molecule has 2 aliphatic heterocycles.